The number of alkyl carbamates (subject to hydrolysis) is 1. The van der Waals surface area contributed by atoms with Crippen molar-refractivity contribution in [1.82, 2.24) is 40.4 Å². The molecule has 6 atom stereocenters. The molecule has 17 nitrogen and oxygen atoms in total. The number of anilines is 1. The molecular weight excluding hydrogens is 831 g/mol. The van der Waals surface area contributed by atoms with Crippen molar-refractivity contribution in [2.75, 3.05) is 45.4 Å². The molecule has 0 unspecified atom stereocenters. The SMILES string of the molecule is COCCOc1ccc(N2[C@@H](c3ccc4nc([C@@H]5CCCN5C(=O)[C@@H](NC(=O)O)C(C)C)[nH]c4c3)CC[C@@H]2c2ccc3nc([C@@H]4CCCN4C(=O)[C@@H](NC(=O)OC)C(C)C)[nH]c3c2)cc1. The number of carboxylic acid groups (broad SMARTS) is 1. The lowest BCUT2D eigenvalue weighted by molar-refractivity contribution is -0.136. The van der Waals surface area contributed by atoms with Gasteiger partial charge in [-0.05, 0) is 110 Å². The minimum atomic E-state index is -1.22. The van der Waals surface area contributed by atoms with E-state index < -0.39 is 24.3 Å². The topological polar surface area (TPSA) is 207 Å². The van der Waals surface area contributed by atoms with E-state index in [9.17, 15) is 24.3 Å². The molecule has 3 saturated heterocycles. The van der Waals surface area contributed by atoms with Gasteiger partial charge in [0.15, 0.2) is 0 Å². The first-order valence-electron chi connectivity index (χ1n) is 22.8. The number of benzene rings is 3. The van der Waals surface area contributed by atoms with E-state index in [2.05, 4.69) is 68.0 Å². The van der Waals surface area contributed by atoms with Crippen LogP contribution in [0.4, 0.5) is 15.3 Å². The molecule has 17 heteroatoms. The van der Waals surface area contributed by atoms with Crippen LogP contribution in [0.3, 0.4) is 0 Å². The van der Waals surface area contributed by atoms with Gasteiger partial charge in [0.1, 0.15) is 36.1 Å². The van der Waals surface area contributed by atoms with E-state index in [1.807, 2.05) is 50.8 Å². The van der Waals surface area contributed by atoms with E-state index in [-0.39, 0.29) is 47.8 Å². The summed E-state index contributed by atoms with van der Waals surface area (Å²) in [6, 6.07) is 18.8. The minimum absolute atomic E-state index is 0.00782. The minimum Gasteiger partial charge on any atom is -0.491 e. The number of hydrogen-bond donors (Lipinski definition) is 5. The van der Waals surface area contributed by atoms with Crippen molar-refractivity contribution in [3.63, 3.8) is 0 Å². The number of fused-ring (bicyclic) bond motifs is 2. The quantitative estimate of drug-likeness (QED) is 0.0649. The number of amides is 4. The summed E-state index contributed by atoms with van der Waals surface area (Å²) in [4.78, 5) is 74.5. The Labute approximate surface area is 378 Å². The molecule has 3 fully saturated rings. The lowest BCUT2D eigenvalue weighted by Crippen LogP contribution is -2.51. The molecule has 2 aromatic heterocycles. The third-order valence-corrected chi connectivity index (χ3v) is 13.2. The number of likely N-dealkylation sites (tertiary alicyclic amines) is 2. The van der Waals surface area contributed by atoms with Crippen LogP contribution < -0.4 is 20.3 Å². The van der Waals surface area contributed by atoms with Crippen LogP contribution in [0.5, 0.6) is 5.75 Å². The molecule has 0 saturated carbocycles. The second kappa shape index (κ2) is 19.4. The molecule has 5 aromatic rings. The van der Waals surface area contributed by atoms with E-state index in [0.29, 0.717) is 32.1 Å². The van der Waals surface area contributed by atoms with E-state index >= 15 is 0 Å². The second-order valence-corrected chi connectivity index (χ2v) is 18.1. The normalized spacial score (nSPS) is 20.8. The van der Waals surface area contributed by atoms with E-state index in [1.165, 1.54) is 7.11 Å². The number of H-pyrrole nitrogens is 2. The van der Waals surface area contributed by atoms with Crippen molar-refractivity contribution in [1.29, 1.82) is 0 Å². The Balaban J connectivity index is 1.08. The smallest absolute Gasteiger partial charge is 0.407 e. The molecular formula is C48H61N9O8. The Morgan fingerprint density at radius 1 is 0.692 bits per heavy atom. The van der Waals surface area contributed by atoms with Crippen molar-refractivity contribution in [2.45, 2.75) is 102 Å². The molecule has 0 bridgehead atoms. The highest BCUT2D eigenvalue weighted by Crippen LogP contribution is 2.48. The molecule has 346 valence electrons. The summed E-state index contributed by atoms with van der Waals surface area (Å²) in [5.74, 6) is 1.45. The van der Waals surface area contributed by atoms with Gasteiger partial charge in [0.25, 0.3) is 0 Å². The maximum absolute atomic E-state index is 13.9. The molecule has 0 aliphatic carbocycles. The molecule has 3 aromatic carbocycles. The van der Waals surface area contributed by atoms with Gasteiger partial charge >= 0.3 is 12.2 Å². The third kappa shape index (κ3) is 9.42. The molecule has 5 N–H and O–H groups in total. The summed E-state index contributed by atoms with van der Waals surface area (Å²) >= 11 is 0. The summed E-state index contributed by atoms with van der Waals surface area (Å²) < 4.78 is 15.9. The van der Waals surface area contributed by atoms with Gasteiger partial charge in [-0.2, -0.15) is 0 Å². The molecule has 3 aliphatic rings. The van der Waals surface area contributed by atoms with Crippen molar-refractivity contribution >= 4 is 51.8 Å². The van der Waals surface area contributed by atoms with Crippen LogP contribution in [-0.2, 0) is 19.1 Å². The Bertz CT molecular complexity index is 2500. The summed E-state index contributed by atoms with van der Waals surface area (Å²) in [5, 5.41) is 14.6. The third-order valence-electron chi connectivity index (χ3n) is 13.2. The number of methoxy groups -OCH3 is 2. The first-order chi connectivity index (χ1) is 31.3. The highest BCUT2D eigenvalue weighted by atomic mass is 16.5. The van der Waals surface area contributed by atoms with Crippen LogP contribution >= 0.6 is 0 Å². The number of rotatable bonds is 15. The lowest BCUT2D eigenvalue weighted by atomic mass is 10.0. The van der Waals surface area contributed by atoms with Crippen LogP contribution in [0.25, 0.3) is 22.1 Å². The molecule has 4 amide bonds. The number of aromatic amines is 2. The highest BCUT2D eigenvalue weighted by molar-refractivity contribution is 5.87. The van der Waals surface area contributed by atoms with Crippen LogP contribution in [-0.4, -0.2) is 111 Å². The zero-order valence-corrected chi connectivity index (χ0v) is 38.0. The molecule has 0 radical (unpaired) electrons. The van der Waals surface area contributed by atoms with Crippen molar-refractivity contribution in [3.05, 3.63) is 83.4 Å². The van der Waals surface area contributed by atoms with Gasteiger partial charge in [-0.25, -0.2) is 19.6 Å². The van der Waals surface area contributed by atoms with Crippen LogP contribution in [0.15, 0.2) is 60.7 Å². The van der Waals surface area contributed by atoms with Gasteiger partial charge < -0.3 is 54.6 Å². The fourth-order valence-corrected chi connectivity index (χ4v) is 9.94. The van der Waals surface area contributed by atoms with E-state index in [4.69, 9.17) is 24.2 Å². The van der Waals surface area contributed by atoms with Crippen LogP contribution in [0.1, 0.15) is 113 Å². The molecule has 0 spiro atoms. The number of nitrogens with zero attached hydrogens (tertiary/aromatic N) is 5. The van der Waals surface area contributed by atoms with E-state index in [0.717, 1.165) is 89.0 Å². The number of imidazole rings is 2. The van der Waals surface area contributed by atoms with E-state index in [1.54, 1.807) is 12.0 Å². The molecule has 5 heterocycles. The Morgan fingerprint density at radius 2 is 1.20 bits per heavy atom. The first kappa shape index (κ1) is 45.2. The summed E-state index contributed by atoms with van der Waals surface area (Å²) in [7, 11) is 2.94. The zero-order valence-electron chi connectivity index (χ0n) is 38.0. The monoisotopic (exact) mass is 891 g/mol. The predicted octanol–water partition coefficient (Wildman–Crippen LogP) is 7.55. The second-order valence-electron chi connectivity index (χ2n) is 18.1. The zero-order chi connectivity index (χ0) is 45.9. The number of aromatic nitrogens is 4. The van der Waals surface area contributed by atoms with Gasteiger partial charge in [0, 0.05) is 25.9 Å². The maximum atomic E-state index is 13.9. The Morgan fingerprint density at radius 3 is 1.66 bits per heavy atom. The van der Waals surface area contributed by atoms with Gasteiger partial charge in [-0.1, -0.05) is 39.8 Å². The van der Waals surface area contributed by atoms with Gasteiger partial charge in [-0.15, -0.1) is 0 Å². The maximum Gasteiger partial charge on any atom is 0.407 e. The average Bonchev–Trinajstić information content (AvgIpc) is 4.15. The Kier molecular flexibility index (Phi) is 13.5. The average molecular weight is 892 g/mol. The summed E-state index contributed by atoms with van der Waals surface area (Å²) in [5.41, 5.74) is 6.67. The highest BCUT2D eigenvalue weighted by Gasteiger charge is 2.40. The van der Waals surface area contributed by atoms with Crippen LogP contribution in [0, 0.1) is 11.8 Å². The number of nitrogens with one attached hydrogen (secondary N) is 4. The largest absolute Gasteiger partial charge is 0.491 e. The fraction of sp³-hybridized carbons (Fsp3) is 0.500. The fourth-order valence-electron chi connectivity index (χ4n) is 9.94. The standard InChI is InChI=1S/C48H61N9O8/c1-27(2)41(53-47(60)61)45(58)55-21-7-9-39(55)43-49-33-17-11-29(25-35(33)51-43)37-19-20-38(57(37)31-13-15-32(16-14-31)65-24-23-63-5)30-12-18-34-36(26-30)52-44(50-34)40-10-8-22-56(40)46(59)42(28(3)4)54-48(62)64-6/h11-18,25-28,37-42,53H,7-10,19-24H2,1-6H3,(H,49,51)(H,50,52)(H,54,62)(H,60,61)/t37-,38-,39+,40+,41+,42+/m1/s1. The Hall–Kier alpha value is -6.36. The summed E-state index contributed by atoms with van der Waals surface area (Å²) in [6.07, 6.45) is 3.01. The van der Waals surface area contributed by atoms with Gasteiger partial charge in [-0.3, -0.25) is 9.59 Å². The van der Waals surface area contributed by atoms with Crippen LogP contribution in [0.2, 0.25) is 0 Å². The molecule has 65 heavy (non-hydrogen) atoms. The van der Waals surface area contributed by atoms with Crippen molar-refractivity contribution in [2.24, 2.45) is 11.8 Å². The predicted molar refractivity (Wildman–Crippen MR) is 245 cm³/mol. The number of carbonyl (C=O) groups is 4. The molecule has 3 aliphatic heterocycles. The molecule has 8 rings (SSSR count). The number of ether oxygens (including phenoxy) is 3. The number of carbonyl (C=O) groups excluding carboxylic acids is 3. The van der Waals surface area contributed by atoms with Gasteiger partial charge in [0.05, 0.1) is 60.0 Å². The lowest BCUT2D eigenvalue weighted by Gasteiger charge is -2.33. The van der Waals surface area contributed by atoms with Gasteiger partial charge in [0.2, 0.25) is 11.8 Å². The number of hydrogen-bond acceptors (Lipinski definition) is 10. The van der Waals surface area contributed by atoms with Crippen molar-refractivity contribution in [3.8, 4) is 5.75 Å². The summed E-state index contributed by atoms with van der Waals surface area (Å²) in [6.45, 7) is 9.53. The first-order valence-corrected chi connectivity index (χ1v) is 22.8. The van der Waals surface area contributed by atoms with Crippen molar-refractivity contribution < 1.29 is 38.5 Å².